The molecule has 0 bridgehead atoms. The van der Waals surface area contributed by atoms with Gasteiger partial charge >= 0.3 is 0 Å². The van der Waals surface area contributed by atoms with Crippen molar-refractivity contribution in [3.63, 3.8) is 0 Å². The lowest BCUT2D eigenvalue weighted by molar-refractivity contribution is 0.0951. The van der Waals surface area contributed by atoms with Crippen LogP contribution in [0.1, 0.15) is 22.6 Å². The lowest BCUT2D eigenvalue weighted by Crippen LogP contribution is -2.35. The molecule has 2 heterocycles. The second-order valence-electron chi connectivity index (χ2n) is 4.87. The molecule has 1 aromatic heterocycles. The second-order valence-corrected chi connectivity index (χ2v) is 4.87. The van der Waals surface area contributed by atoms with Crippen LogP contribution in [0.5, 0.6) is 0 Å². The second kappa shape index (κ2) is 5.50. The van der Waals surface area contributed by atoms with Crippen molar-refractivity contribution in [3.8, 4) is 0 Å². The predicted molar refractivity (Wildman–Crippen MR) is 70.6 cm³/mol. The van der Waals surface area contributed by atoms with Crippen molar-refractivity contribution in [1.29, 1.82) is 0 Å². The van der Waals surface area contributed by atoms with Crippen molar-refractivity contribution in [2.75, 3.05) is 13.1 Å². The van der Waals surface area contributed by atoms with Crippen LogP contribution in [0.25, 0.3) is 0 Å². The first-order valence-electron chi connectivity index (χ1n) is 6.61. The topological polar surface area (TPSA) is 51.0 Å². The van der Waals surface area contributed by atoms with E-state index < -0.39 is 5.82 Å². The van der Waals surface area contributed by atoms with E-state index in [1.54, 1.807) is 18.5 Å². The number of Topliss-reactive ketones (excluding diaryl/α,β-unsaturated/α-hetero) is 1. The van der Waals surface area contributed by atoms with E-state index in [4.69, 9.17) is 0 Å². The molecule has 0 saturated carbocycles. The van der Waals surface area contributed by atoms with Gasteiger partial charge in [-0.2, -0.15) is 0 Å². The Morgan fingerprint density at radius 1 is 1.30 bits per heavy atom. The summed E-state index contributed by atoms with van der Waals surface area (Å²) in [6.45, 7) is 2.98. The van der Waals surface area contributed by atoms with Gasteiger partial charge in [0.05, 0.1) is 12.1 Å². The first-order chi connectivity index (χ1) is 9.74. The number of benzene rings is 1. The van der Waals surface area contributed by atoms with Crippen molar-refractivity contribution < 1.29 is 9.18 Å². The van der Waals surface area contributed by atoms with Crippen LogP contribution in [-0.4, -0.2) is 38.5 Å². The number of ketones is 1. The minimum Gasteiger partial charge on any atom is -0.315 e. The van der Waals surface area contributed by atoms with Gasteiger partial charge in [-0.3, -0.25) is 9.69 Å². The molecule has 20 heavy (non-hydrogen) atoms. The summed E-state index contributed by atoms with van der Waals surface area (Å²) in [4.78, 5) is 14.1. The standard InChI is InChI=1S/C14H15FN4O/c15-12-4-2-1-3-11(12)13(20)5-6-18-7-8-19-10-16-17-14(19)9-18/h1-4,10H,5-9H2. The summed E-state index contributed by atoms with van der Waals surface area (Å²) < 4.78 is 15.5. The maximum absolute atomic E-state index is 13.5. The molecule has 0 aliphatic carbocycles. The largest absolute Gasteiger partial charge is 0.315 e. The van der Waals surface area contributed by atoms with Crippen LogP contribution in [0.3, 0.4) is 0 Å². The van der Waals surface area contributed by atoms with Gasteiger partial charge in [-0.15, -0.1) is 10.2 Å². The molecule has 0 spiro atoms. The highest BCUT2D eigenvalue weighted by atomic mass is 19.1. The molecule has 0 amide bonds. The summed E-state index contributed by atoms with van der Waals surface area (Å²) in [5, 5.41) is 7.90. The Morgan fingerprint density at radius 2 is 2.15 bits per heavy atom. The third kappa shape index (κ3) is 2.60. The van der Waals surface area contributed by atoms with E-state index in [0.29, 0.717) is 19.5 Å². The van der Waals surface area contributed by atoms with E-state index in [2.05, 4.69) is 15.1 Å². The molecule has 0 unspecified atom stereocenters. The number of halogens is 1. The van der Waals surface area contributed by atoms with E-state index >= 15 is 0 Å². The number of hydrogen-bond acceptors (Lipinski definition) is 4. The first kappa shape index (κ1) is 12.9. The van der Waals surface area contributed by atoms with Gasteiger partial charge in [-0.05, 0) is 12.1 Å². The molecular formula is C14H15FN4O. The van der Waals surface area contributed by atoms with E-state index in [1.165, 1.54) is 12.1 Å². The third-order valence-corrected chi connectivity index (χ3v) is 3.55. The van der Waals surface area contributed by atoms with E-state index in [1.807, 2.05) is 4.57 Å². The summed E-state index contributed by atoms with van der Waals surface area (Å²) in [7, 11) is 0. The Kier molecular flexibility index (Phi) is 3.56. The summed E-state index contributed by atoms with van der Waals surface area (Å²) in [6, 6.07) is 6.12. The Bertz CT molecular complexity index is 625. The summed E-state index contributed by atoms with van der Waals surface area (Å²) in [6.07, 6.45) is 2.03. The fourth-order valence-corrected chi connectivity index (χ4v) is 2.39. The number of nitrogens with zero attached hydrogens (tertiary/aromatic N) is 4. The monoisotopic (exact) mass is 274 g/mol. The maximum atomic E-state index is 13.5. The summed E-state index contributed by atoms with van der Waals surface area (Å²) in [5.41, 5.74) is 0.174. The number of rotatable bonds is 4. The molecule has 2 aromatic rings. The van der Waals surface area contributed by atoms with Crippen LogP contribution in [0, 0.1) is 5.82 Å². The minimum absolute atomic E-state index is 0.157. The molecule has 1 aliphatic heterocycles. The Balaban J connectivity index is 1.58. The molecule has 1 aliphatic rings. The van der Waals surface area contributed by atoms with E-state index in [9.17, 15) is 9.18 Å². The Morgan fingerprint density at radius 3 is 3.00 bits per heavy atom. The number of fused-ring (bicyclic) bond motifs is 1. The summed E-state index contributed by atoms with van der Waals surface area (Å²) in [5.74, 6) is 0.306. The highest BCUT2D eigenvalue weighted by Crippen LogP contribution is 2.12. The molecule has 0 saturated heterocycles. The van der Waals surface area contributed by atoms with Gasteiger partial charge in [0.2, 0.25) is 0 Å². The van der Waals surface area contributed by atoms with Gasteiger partial charge in [0, 0.05) is 26.1 Å². The first-order valence-corrected chi connectivity index (χ1v) is 6.61. The van der Waals surface area contributed by atoms with Gasteiger partial charge < -0.3 is 4.57 Å². The normalized spacial score (nSPS) is 15.1. The smallest absolute Gasteiger partial charge is 0.167 e. The SMILES string of the molecule is O=C(CCN1CCn2cnnc2C1)c1ccccc1F. The van der Waals surface area contributed by atoms with Crippen molar-refractivity contribution >= 4 is 5.78 Å². The average Bonchev–Trinajstić information content (AvgIpc) is 2.92. The van der Waals surface area contributed by atoms with Crippen molar-refractivity contribution in [2.45, 2.75) is 19.5 Å². The molecule has 5 nitrogen and oxygen atoms in total. The Hall–Kier alpha value is -2.08. The lowest BCUT2D eigenvalue weighted by atomic mass is 10.1. The van der Waals surface area contributed by atoms with Crippen molar-refractivity contribution in [2.24, 2.45) is 0 Å². The Labute approximate surface area is 116 Å². The van der Waals surface area contributed by atoms with Gasteiger partial charge in [-0.1, -0.05) is 12.1 Å². The highest BCUT2D eigenvalue weighted by molar-refractivity contribution is 5.96. The molecule has 6 heteroatoms. The van der Waals surface area contributed by atoms with E-state index in [0.717, 1.165) is 18.9 Å². The van der Waals surface area contributed by atoms with Gasteiger partial charge in [0.25, 0.3) is 0 Å². The fraction of sp³-hybridized carbons (Fsp3) is 0.357. The summed E-state index contributed by atoms with van der Waals surface area (Å²) >= 11 is 0. The molecule has 1 aromatic carbocycles. The minimum atomic E-state index is -0.448. The zero-order chi connectivity index (χ0) is 13.9. The predicted octanol–water partition coefficient (Wildman–Crippen LogP) is 1.51. The molecule has 0 fully saturated rings. The number of hydrogen-bond donors (Lipinski definition) is 0. The van der Waals surface area contributed by atoms with Crippen LogP contribution < -0.4 is 0 Å². The van der Waals surface area contributed by atoms with Crippen LogP contribution in [-0.2, 0) is 13.1 Å². The van der Waals surface area contributed by atoms with Crippen LogP contribution in [0.2, 0.25) is 0 Å². The molecular weight excluding hydrogens is 259 g/mol. The van der Waals surface area contributed by atoms with Crippen LogP contribution in [0.4, 0.5) is 4.39 Å². The zero-order valence-electron chi connectivity index (χ0n) is 11.0. The maximum Gasteiger partial charge on any atom is 0.167 e. The highest BCUT2D eigenvalue weighted by Gasteiger charge is 2.19. The average molecular weight is 274 g/mol. The van der Waals surface area contributed by atoms with Gasteiger partial charge in [0.1, 0.15) is 18.0 Å². The fourth-order valence-electron chi connectivity index (χ4n) is 2.39. The molecule has 0 N–H and O–H groups in total. The third-order valence-electron chi connectivity index (χ3n) is 3.55. The molecule has 0 atom stereocenters. The molecule has 3 rings (SSSR count). The van der Waals surface area contributed by atoms with Crippen molar-refractivity contribution in [1.82, 2.24) is 19.7 Å². The van der Waals surface area contributed by atoms with Gasteiger partial charge in [0.15, 0.2) is 5.78 Å². The van der Waals surface area contributed by atoms with Crippen molar-refractivity contribution in [3.05, 3.63) is 47.8 Å². The van der Waals surface area contributed by atoms with Crippen LogP contribution >= 0.6 is 0 Å². The number of carbonyl (C=O) groups excluding carboxylic acids is 1. The molecule has 104 valence electrons. The quantitative estimate of drug-likeness (QED) is 0.793. The van der Waals surface area contributed by atoms with Gasteiger partial charge in [-0.25, -0.2) is 4.39 Å². The van der Waals surface area contributed by atoms with E-state index in [-0.39, 0.29) is 11.3 Å². The molecule has 0 radical (unpaired) electrons. The number of aromatic nitrogens is 3. The lowest BCUT2D eigenvalue weighted by Gasteiger charge is -2.26. The zero-order valence-corrected chi connectivity index (χ0v) is 11.0. The number of carbonyl (C=O) groups is 1. The van der Waals surface area contributed by atoms with Crippen LogP contribution in [0.15, 0.2) is 30.6 Å².